The minimum absolute atomic E-state index is 0.555. The molecule has 28 heavy (non-hydrogen) atoms. The molecule has 0 aliphatic carbocycles. The Morgan fingerprint density at radius 1 is 0.786 bits per heavy atom. The lowest BCUT2D eigenvalue weighted by Crippen LogP contribution is -2.01. The first-order valence-corrected chi connectivity index (χ1v) is 9.40. The van der Waals surface area contributed by atoms with Crippen LogP contribution in [0.3, 0.4) is 0 Å². The number of rotatable bonds is 3. The van der Waals surface area contributed by atoms with Crippen LogP contribution in [-0.2, 0) is 0 Å². The van der Waals surface area contributed by atoms with Crippen molar-refractivity contribution in [3.63, 3.8) is 0 Å². The van der Waals surface area contributed by atoms with Gasteiger partial charge < -0.3 is 10.5 Å². The summed E-state index contributed by atoms with van der Waals surface area (Å²) in [5, 5.41) is 2.08. The Labute approximate surface area is 165 Å². The van der Waals surface area contributed by atoms with Crippen molar-refractivity contribution in [1.82, 2.24) is 4.98 Å². The lowest BCUT2D eigenvalue weighted by Gasteiger charge is -2.18. The zero-order valence-corrected chi connectivity index (χ0v) is 16.7. The third kappa shape index (κ3) is 2.99. The second kappa shape index (κ2) is 7.01. The molecule has 0 atom stereocenters. The molecule has 0 spiro atoms. The van der Waals surface area contributed by atoms with Crippen molar-refractivity contribution in [2.45, 2.75) is 20.8 Å². The highest BCUT2D eigenvalue weighted by atomic mass is 16.5. The number of nitrogen functional groups attached to an aromatic ring is 1. The number of anilines is 1. The summed E-state index contributed by atoms with van der Waals surface area (Å²) in [4.78, 5) is 4.89. The van der Waals surface area contributed by atoms with Gasteiger partial charge in [-0.05, 0) is 55.0 Å². The fourth-order valence-corrected chi connectivity index (χ4v) is 3.89. The largest absolute Gasteiger partial charge is 0.497 e. The van der Waals surface area contributed by atoms with Gasteiger partial charge in [-0.2, -0.15) is 0 Å². The number of nitrogens with two attached hydrogens (primary N) is 1. The Morgan fingerprint density at radius 3 is 2.21 bits per heavy atom. The first-order valence-electron chi connectivity index (χ1n) is 9.40. The van der Waals surface area contributed by atoms with Gasteiger partial charge in [0, 0.05) is 16.5 Å². The summed E-state index contributed by atoms with van der Waals surface area (Å²) >= 11 is 0. The molecule has 3 nitrogen and oxygen atoms in total. The number of methoxy groups -OCH3 is 1. The predicted octanol–water partition coefficient (Wildman–Crippen LogP) is 6.08. The topological polar surface area (TPSA) is 48.1 Å². The van der Waals surface area contributed by atoms with E-state index in [0.29, 0.717) is 5.82 Å². The number of nitrogens with zero attached hydrogens (tertiary/aromatic N) is 1. The van der Waals surface area contributed by atoms with E-state index in [-0.39, 0.29) is 0 Å². The zero-order chi connectivity index (χ0) is 19.8. The highest BCUT2D eigenvalue weighted by Gasteiger charge is 2.19. The van der Waals surface area contributed by atoms with Crippen LogP contribution in [0, 0.1) is 20.8 Å². The molecule has 3 aromatic carbocycles. The maximum absolute atomic E-state index is 6.41. The summed E-state index contributed by atoms with van der Waals surface area (Å²) in [6.07, 6.45) is 0. The highest BCUT2D eigenvalue weighted by molar-refractivity contribution is 6.07. The standard InChI is InChI=1S/C25H24N2O/c1-15-11-12-20-21(13-15)23(18-9-6-10-19(14-18)28-4)24(27-25(20)26)22-16(2)7-5-8-17(22)3/h5-14H,1-4H3,(H2,26,27). The number of ether oxygens (including phenoxy) is 1. The summed E-state index contributed by atoms with van der Waals surface area (Å²) in [7, 11) is 1.69. The van der Waals surface area contributed by atoms with Gasteiger partial charge in [-0.15, -0.1) is 0 Å². The number of aromatic nitrogens is 1. The van der Waals surface area contributed by atoms with Crippen LogP contribution in [0.2, 0.25) is 0 Å². The van der Waals surface area contributed by atoms with E-state index in [1.807, 2.05) is 12.1 Å². The zero-order valence-electron chi connectivity index (χ0n) is 16.7. The summed E-state index contributed by atoms with van der Waals surface area (Å²) in [6.45, 7) is 6.34. The van der Waals surface area contributed by atoms with E-state index in [2.05, 4.69) is 69.3 Å². The lowest BCUT2D eigenvalue weighted by molar-refractivity contribution is 0.415. The molecule has 140 valence electrons. The second-order valence-corrected chi connectivity index (χ2v) is 7.27. The molecular formula is C25H24N2O. The van der Waals surface area contributed by atoms with Crippen molar-refractivity contribution in [3.05, 3.63) is 77.4 Å². The normalized spacial score (nSPS) is 11.0. The average Bonchev–Trinajstić information content (AvgIpc) is 2.68. The van der Waals surface area contributed by atoms with E-state index in [1.54, 1.807) is 7.11 Å². The summed E-state index contributed by atoms with van der Waals surface area (Å²) in [5.74, 6) is 1.38. The smallest absolute Gasteiger partial charge is 0.132 e. The number of hydrogen-bond acceptors (Lipinski definition) is 3. The van der Waals surface area contributed by atoms with Crippen LogP contribution >= 0.6 is 0 Å². The SMILES string of the molecule is COc1cccc(-c2c(-c3c(C)cccc3C)nc(N)c3ccc(C)cc23)c1. The minimum Gasteiger partial charge on any atom is -0.497 e. The molecule has 0 aliphatic heterocycles. The van der Waals surface area contributed by atoms with Crippen molar-refractivity contribution in [2.75, 3.05) is 12.8 Å². The number of benzene rings is 3. The average molecular weight is 368 g/mol. The van der Waals surface area contributed by atoms with Gasteiger partial charge in [0.15, 0.2) is 0 Å². The Morgan fingerprint density at radius 2 is 1.50 bits per heavy atom. The summed E-state index contributed by atoms with van der Waals surface area (Å²) < 4.78 is 5.48. The van der Waals surface area contributed by atoms with E-state index < -0.39 is 0 Å². The summed E-state index contributed by atoms with van der Waals surface area (Å²) in [6, 6.07) is 20.8. The maximum Gasteiger partial charge on any atom is 0.132 e. The fraction of sp³-hybridized carbons (Fsp3) is 0.160. The van der Waals surface area contributed by atoms with Crippen molar-refractivity contribution >= 4 is 16.6 Å². The van der Waals surface area contributed by atoms with Crippen molar-refractivity contribution in [3.8, 4) is 28.1 Å². The number of hydrogen-bond donors (Lipinski definition) is 1. The van der Waals surface area contributed by atoms with Gasteiger partial charge in [-0.1, -0.05) is 54.1 Å². The Balaban J connectivity index is 2.18. The molecule has 0 fully saturated rings. The van der Waals surface area contributed by atoms with E-state index in [1.165, 1.54) is 16.7 Å². The van der Waals surface area contributed by atoms with Crippen LogP contribution in [0.1, 0.15) is 16.7 Å². The third-order valence-corrected chi connectivity index (χ3v) is 5.27. The predicted molar refractivity (Wildman–Crippen MR) is 118 cm³/mol. The first kappa shape index (κ1) is 18.1. The minimum atomic E-state index is 0.555. The van der Waals surface area contributed by atoms with E-state index in [4.69, 9.17) is 15.5 Å². The third-order valence-electron chi connectivity index (χ3n) is 5.27. The molecular weight excluding hydrogens is 344 g/mol. The molecule has 1 aromatic heterocycles. The Kier molecular flexibility index (Phi) is 4.52. The summed E-state index contributed by atoms with van der Waals surface area (Å²) in [5.41, 5.74) is 14.2. The number of fused-ring (bicyclic) bond motifs is 1. The molecule has 0 bridgehead atoms. The monoisotopic (exact) mass is 368 g/mol. The van der Waals surface area contributed by atoms with Gasteiger partial charge >= 0.3 is 0 Å². The fourth-order valence-electron chi connectivity index (χ4n) is 3.89. The molecule has 0 amide bonds. The quantitative estimate of drug-likeness (QED) is 0.476. The van der Waals surface area contributed by atoms with E-state index in [0.717, 1.165) is 38.9 Å². The van der Waals surface area contributed by atoms with Crippen LogP contribution in [0.15, 0.2) is 60.7 Å². The van der Waals surface area contributed by atoms with Crippen molar-refractivity contribution in [2.24, 2.45) is 0 Å². The maximum atomic E-state index is 6.41. The van der Waals surface area contributed by atoms with E-state index >= 15 is 0 Å². The molecule has 0 radical (unpaired) electrons. The van der Waals surface area contributed by atoms with Gasteiger partial charge in [0.05, 0.1) is 12.8 Å². The van der Waals surface area contributed by atoms with Gasteiger partial charge in [0.1, 0.15) is 11.6 Å². The molecule has 1 heterocycles. The van der Waals surface area contributed by atoms with Crippen LogP contribution in [0.5, 0.6) is 5.75 Å². The van der Waals surface area contributed by atoms with Gasteiger partial charge in [-0.25, -0.2) is 4.98 Å². The first-order chi connectivity index (χ1) is 13.5. The van der Waals surface area contributed by atoms with Gasteiger partial charge in [0.25, 0.3) is 0 Å². The van der Waals surface area contributed by atoms with Crippen molar-refractivity contribution in [1.29, 1.82) is 0 Å². The Bertz CT molecular complexity index is 1170. The molecule has 2 N–H and O–H groups in total. The molecule has 4 rings (SSSR count). The van der Waals surface area contributed by atoms with Gasteiger partial charge in [-0.3, -0.25) is 0 Å². The van der Waals surface area contributed by atoms with Gasteiger partial charge in [0.2, 0.25) is 0 Å². The van der Waals surface area contributed by atoms with Crippen LogP contribution in [0.25, 0.3) is 33.2 Å². The molecule has 0 saturated heterocycles. The highest BCUT2D eigenvalue weighted by Crippen LogP contribution is 2.41. The van der Waals surface area contributed by atoms with E-state index in [9.17, 15) is 0 Å². The van der Waals surface area contributed by atoms with Crippen LogP contribution in [-0.4, -0.2) is 12.1 Å². The van der Waals surface area contributed by atoms with Crippen LogP contribution in [0.4, 0.5) is 5.82 Å². The molecule has 0 unspecified atom stereocenters. The lowest BCUT2D eigenvalue weighted by atomic mass is 9.89. The number of pyridine rings is 1. The number of aryl methyl sites for hydroxylation is 3. The molecule has 4 aromatic rings. The molecule has 0 saturated carbocycles. The van der Waals surface area contributed by atoms with Crippen molar-refractivity contribution < 1.29 is 4.74 Å². The molecule has 3 heteroatoms. The molecule has 0 aliphatic rings. The Hall–Kier alpha value is -3.33. The van der Waals surface area contributed by atoms with Crippen LogP contribution < -0.4 is 10.5 Å². The second-order valence-electron chi connectivity index (χ2n) is 7.27.